The summed E-state index contributed by atoms with van der Waals surface area (Å²) in [6, 6.07) is 0.333. The van der Waals surface area contributed by atoms with Crippen LogP contribution in [0, 0.1) is 0 Å². The highest BCUT2D eigenvalue weighted by Crippen LogP contribution is 2.17. The largest absolute Gasteiger partial charge is 0.450 e. The minimum absolute atomic E-state index is 0.267. The molecule has 1 N–H and O–H groups in total. The fraction of sp³-hybridized carbons (Fsp3) is 0.909. The third-order valence-corrected chi connectivity index (χ3v) is 2.96. The monoisotopic (exact) mass is 233 g/mol. The van der Waals surface area contributed by atoms with Crippen molar-refractivity contribution in [2.24, 2.45) is 0 Å². The van der Waals surface area contributed by atoms with Gasteiger partial charge in [0, 0.05) is 11.9 Å². The van der Waals surface area contributed by atoms with Gasteiger partial charge >= 0.3 is 6.09 Å². The number of carbonyl (C=O) groups excluding carboxylic acids is 1. The SMILES string of the molecule is O=C(NC1CCCCC1)OCCCCCl. The average Bonchev–Trinajstić information content (AvgIpc) is 2.26. The number of rotatable bonds is 5. The summed E-state index contributed by atoms with van der Waals surface area (Å²) >= 11 is 5.52. The predicted molar refractivity (Wildman–Crippen MR) is 61.3 cm³/mol. The van der Waals surface area contributed by atoms with Crippen LogP contribution in [0.4, 0.5) is 4.79 Å². The van der Waals surface area contributed by atoms with Gasteiger partial charge in [-0.25, -0.2) is 4.79 Å². The summed E-state index contributed by atoms with van der Waals surface area (Å²) in [5, 5.41) is 2.90. The Morgan fingerprint density at radius 3 is 2.67 bits per heavy atom. The van der Waals surface area contributed by atoms with Gasteiger partial charge in [-0.15, -0.1) is 11.6 Å². The summed E-state index contributed by atoms with van der Waals surface area (Å²) in [6.45, 7) is 0.477. The van der Waals surface area contributed by atoms with E-state index in [2.05, 4.69) is 5.32 Å². The van der Waals surface area contributed by atoms with Crippen molar-refractivity contribution in [2.45, 2.75) is 51.0 Å². The normalized spacial score (nSPS) is 17.4. The maximum atomic E-state index is 11.3. The first-order chi connectivity index (χ1) is 7.33. The van der Waals surface area contributed by atoms with Gasteiger partial charge in [-0.3, -0.25) is 0 Å². The van der Waals surface area contributed by atoms with E-state index in [-0.39, 0.29) is 6.09 Å². The van der Waals surface area contributed by atoms with Crippen LogP contribution in [0.2, 0.25) is 0 Å². The highest BCUT2D eigenvalue weighted by Gasteiger charge is 2.15. The van der Waals surface area contributed by atoms with Gasteiger partial charge in [0.1, 0.15) is 0 Å². The molecule has 0 aliphatic heterocycles. The Hall–Kier alpha value is -0.440. The molecule has 0 spiro atoms. The van der Waals surface area contributed by atoms with Crippen LogP contribution in [0.3, 0.4) is 0 Å². The van der Waals surface area contributed by atoms with Gasteiger partial charge in [0.15, 0.2) is 0 Å². The summed E-state index contributed by atoms with van der Waals surface area (Å²) in [5.74, 6) is 0.633. The number of halogens is 1. The third-order valence-electron chi connectivity index (χ3n) is 2.69. The van der Waals surface area contributed by atoms with Crippen LogP contribution in [0.25, 0.3) is 0 Å². The molecule has 0 aromatic heterocycles. The average molecular weight is 234 g/mol. The Kier molecular flexibility index (Phi) is 6.57. The molecular weight excluding hydrogens is 214 g/mol. The molecule has 1 aliphatic rings. The van der Waals surface area contributed by atoms with Crippen molar-refractivity contribution in [1.82, 2.24) is 5.32 Å². The molecule has 1 saturated carbocycles. The van der Waals surface area contributed by atoms with Crippen LogP contribution in [0.15, 0.2) is 0 Å². The van der Waals surface area contributed by atoms with Crippen LogP contribution < -0.4 is 5.32 Å². The van der Waals surface area contributed by atoms with Crippen LogP contribution >= 0.6 is 11.6 Å². The second kappa shape index (κ2) is 7.80. The standard InChI is InChI=1S/C11H20ClNO2/c12-8-4-5-9-15-11(14)13-10-6-2-1-3-7-10/h10H,1-9H2,(H,13,14). The van der Waals surface area contributed by atoms with Crippen LogP contribution in [-0.4, -0.2) is 24.6 Å². The van der Waals surface area contributed by atoms with Gasteiger partial charge in [0.25, 0.3) is 0 Å². The summed E-state index contributed by atoms with van der Waals surface area (Å²) in [5.41, 5.74) is 0. The number of hydrogen-bond donors (Lipinski definition) is 1. The quantitative estimate of drug-likeness (QED) is 0.586. The Labute approximate surface area is 96.5 Å². The number of alkyl halides is 1. The fourth-order valence-corrected chi connectivity index (χ4v) is 2.01. The van der Waals surface area contributed by atoms with E-state index in [4.69, 9.17) is 16.3 Å². The Morgan fingerprint density at radius 2 is 2.00 bits per heavy atom. The van der Waals surface area contributed by atoms with Gasteiger partial charge in [0.2, 0.25) is 0 Å². The minimum Gasteiger partial charge on any atom is -0.450 e. The van der Waals surface area contributed by atoms with Crippen molar-refractivity contribution < 1.29 is 9.53 Å². The molecule has 1 amide bonds. The molecule has 0 saturated heterocycles. The zero-order chi connectivity index (χ0) is 10.9. The summed E-state index contributed by atoms with van der Waals surface area (Å²) in [7, 11) is 0. The smallest absolute Gasteiger partial charge is 0.407 e. The molecule has 4 heteroatoms. The maximum Gasteiger partial charge on any atom is 0.407 e. The Bertz CT molecular complexity index is 181. The van der Waals surface area contributed by atoms with Crippen molar-refractivity contribution in [3.05, 3.63) is 0 Å². The molecule has 1 fully saturated rings. The van der Waals surface area contributed by atoms with Crippen LogP contribution in [0.1, 0.15) is 44.9 Å². The van der Waals surface area contributed by atoms with Crippen molar-refractivity contribution >= 4 is 17.7 Å². The van der Waals surface area contributed by atoms with Crippen molar-refractivity contribution in [3.8, 4) is 0 Å². The molecule has 0 unspecified atom stereocenters. The molecule has 88 valence electrons. The Balaban J connectivity index is 2.01. The second-order valence-electron chi connectivity index (χ2n) is 4.01. The number of ether oxygens (including phenoxy) is 1. The summed E-state index contributed by atoms with van der Waals surface area (Å²) < 4.78 is 5.04. The van der Waals surface area contributed by atoms with Crippen LogP contribution in [0.5, 0.6) is 0 Å². The molecule has 0 aromatic carbocycles. The first-order valence-corrected chi connectivity index (χ1v) is 6.35. The van der Waals surface area contributed by atoms with E-state index >= 15 is 0 Å². The van der Waals surface area contributed by atoms with E-state index in [0.717, 1.165) is 25.7 Å². The van der Waals surface area contributed by atoms with E-state index in [1.54, 1.807) is 0 Å². The maximum absolute atomic E-state index is 11.3. The van der Waals surface area contributed by atoms with Gasteiger partial charge in [-0.1, -0.05) is 19.3 Å². The van der Waals surface area contributed by atoms with E-state index < -0.39 is 0 Å². The highest BCUT2D eigenvalue weighted by atomic mass is 35.5. The lowest BCUT2D eigenvalue weighted by atomic mass is 9.96. The molecule has 0 radical (unpaired) electrons. The highest BCUT2D eigenvalue weighted by molar-refractivity contribution is 6.17. The Morgan fingerprint density at radius 1 is 1.27 bits per heavy atom. The number of amides is 1. The third kappa shape index (κ3) is 5.88. The number of nitrogens with one attached hydrogen (secondary N) is 1. The molecule has 1 rings (SSSR count). The zero-order valence-corrected chi connectivity index (χ0v) is 9.89. The number of hydrogen-bond acceptors (Lipinski definition) is 2. The van der Waals surface area contributed by atoms with Crippen LogP contribution in [-0.2, 0) is 4.74 Å². The molecular formula is C11H20ClNO2. The van der Waals surface area contributed by atoms with E-state index in [1.165, 1.54) is 19.3 Å². The van der Waals surface area contributed by atoms with Crippen molar-refractivity contribution in [3.63, 3.8) is 0 Å². The van der Waals surface area contributed by atoms with Crippen molar-refractivity contribution in [2.75, 3.05) is 12.5 Å². The second-order valence-corrected chi connectivity index (χ2v) is 4.39. The van der Waals surface area contributed by atoms with Gasteiger partial charge in [0.05, 0.1) is 6.61 Å². The number of unbranched alkanes of at least 4 members (excludes halogenated alkanes) is 1. The zero-order valence-electron chi connectivity index (χ0n) is 9.14. The topological polar surface area (TPSA) is 38.3 Å². The predicted octanol–water partition coefficient (Wildman–Crippen LogP) is 3.06. The summed E-state index contributed by atoms with van der Waals surface area (Å²) in [6.07, 6.45) is 7.40. The van der Waals surface area contributed by atoms with E-state index in [1.807, 2.05) is 0 Å². The number of alkyl carbamates (subject to hydrolysis) is 1. The molecule has 0 atom stereocenters. The fourth-order valence-electron chi connectivity index (χ4n) is 1.82. The minimum atomic E-state index is -0.267. The van der Waals surface area contributed by atoms with E-state index in [0.29, 0.717) is 18.5 Å². The molecule has 3 nitrogen and oxygen atoms in total. The summed E-state index contributed by atoms with van der Waals surface area (Å²) in [4.78, 5) is 11.3. The van der Waals surface area contributed by atoms with Gasteiger partial charge in [-0.05, 0) is 25.7 Å². The number of carbonyl (C=O) groups is 1. The molecule has 0 bridgehead atoms. The molecule has 1 aliphatic carbocycles. The van der Waals surface area contributed by atoms with E-state index in [9.17, 15) is 4.79 Å². The van der Waals surface area contributed by atoms with Gasteiger partial charge in [-0.2, -0.15) is 0 Å². The van der Waals surface area contributed by atoms with Crippen molar-refractivity contribution in [1.29, 1.82) is 0 Å². The first-order valence-electron chi connectivity index (χ1n) is 5.82. The van der Waals surface area contributed by atoms with Gasteiger partial charge < -0.3 is 10.1 Å². The molecule has 15 heavy (non-hydrogen) atoms. The lowest BCUT2D eigenvalue weighted by Crippen LogP contribution is -2.36. The first kappa shape index (κ1) is 12.6. The lowest BCUT2D eigenvalue weighted by Gasteiger charge is -2.22. The molecule has 0 aromatic rings. The lowest BCUT2D eigenvalue weighted by molar-refractivity contribution is 0.138. The molecule has 0 heterocycles.